The van der Waals surface area contributed by atoms with Gasteiger partial charge in [0.15, 0.2) is 0 Å². The smallest absolute Gasteiger partial charge is 0.231 e. The van der Waals surface area contributed by atoms with Crippen molar-refractivity contribution in [2.24, 2.45) is 0 Å². The summed E-state index contributed by atoms with van der Waals surface area (Å²) in [7, 11) is 0. The molecule has 0 spiro atoms. The second kappa shape index (κ2) is 6.85. The standard InChI is InChI=1S/C17H17BrFNO/c1-3-20(15-6-4-5-12(2)9-15)17(21)11-13-10-14(18)7-8-16(13)19/h4-10H,3,11H2,1-2H3. The van der Waals surface area contributed by atoms with Crippen LogP contribution in [-0.4, -0.2) is 12.5 Å². The van der Waals surface area contributed by atoms with Crippen LogP contribution in [0.5, 0.6) is 0 Å². The van der Waals surface area contributed by atoms with Gasteiger partial charge in [0.25, 0.3) is 0 Å². The summed E-state index contributed by atoms with van der Waals surface area (Å²) in [5.74, 6) is -0.466. The number of rotatable bonds is 4. The van der Waals surface area contributed by atoms with E-state index in [1.165, 1.54) is 6.07 Å². The maximum Gasteiger partial charge on any atom is 0.231 e. The first-order valence-corrected chi connectivity index (χ1v) is 7.61. The van der Waals surface area contributed by atoms with Gasteiger partial charge < -0.3 is 4.90 Å². The Bertz CT molecular complexity index is 657. The number of carbonyl (C=O) groups excluding carboxylic acids is 1. The lowest BCUT2D eigenvalue weighted by Gasteiger charge is -2.21. The van der Waals surface area contributed by atoms with Crippen LogP contribution in [0, 0.1) is 12.7 Å². The highest BCUT2D eigenvalue weighted by molar-refractivity contribution is 9.10. The summed E-state index contributed by atoms with van der Waals surface area (Å²) in [6, 6.07) is 12.4. The van der Waals surface area contributed by atoms with Crippen molar-refractivity contribution in [3.63, 3.8) is 0 Å². The van der Waals surface area contributed by atoms with Crippen molar-refractivity contribution in [2.75, 3.05) is 11.4 Å². The molecule has 0 aliphatic heterocycles. The van der Waals surface area contributed by atoms with E-state index in [-0.39, 0.29) is 18.1 Å². The van der Waals surface area contributed by atoms with Gasteiger partial charge in [-0.3, -0.25) is 4.79 Å². The number of aryl methyl sites for hydroxylation is 1. The largest absolute Gasteiger partial charge is 0.312 e. The number of benzene rings is 2. The monoisotopic (exact) mass is 349 g/mol. The summed E-state index contributed by atoms with van der Waals surface area (Å²) in [5, 5.41) is 0. The van der Waals surface area contributed by atoms with Crippen LogP contribution in [-0.2, 0) is 11.2 Å². The fourth-order valence-electron chi connectivity index (χ4n) is 2.24. The Morgan fingerprint density at radius 1 is 1.24 bits per heavy atom. The van der Waals surface area contributed by atoms with E-state index in [0.29, 0.717) is 12.1 Å². The van der Waals surface area contributed by atoms with E-state index in [2.05, 4.69) is 15.9 Å². The van der Waals surface area contributed by atoms with E-state index >= 15 is 0 Å². The summed E-state index contributed by atoms with van der Waals surface area (Å²) in [4.78, 5) is 14.1. The van der Waals surface area contributed by atoms with Crippen LogP contribution in [0.2, 0.25) is 0 Å². The molecule has 2 nitrogen and oxygen atoms in total. The van der Waals surface area contributed by atoms with Gasteiger partial charge in [0.05, 0.1) is 6.42 Å². The van der Waals surface area contributed by atoms with Crippen molar-refractivity contribution in [2.45, 2.75) is 20.3 Å². The van der Waals surface area contributed by atoms with Gasteiger partial charge in [-0.25, -0.2) is 4.39 Å². The summed E-state index contributed by atoms with van der Waals surface area (Å²) >= 11 is 3.30. The lowest BCUT2D eigenvalue weighted by molar-refractivity contribution is -0.118. The molecule has 0 bridgehead atoms. The predicted octanol–water partition coefficient (Wildman–Crippen LogP) is 4.49. The van der Waals surface area contributed by atoms with E-state index in [1.807, 2.05) is 38.1 Å². The van der Waals surface area contributed by atoms with Crippen LogP contribution in [0.3, 0.4) is 0 Å². The average molecular weight is 350 g/mol. The lowest BCUT2D eigenvalue weighted by atomic mass is 10.1. The molecule has 0 aliphatic rings. The number of halogens is 2. The number of hydrogen-bond acceptors (Lipinski definition) is 1. The molecule has 0 unspecified atom stereocenters. The van der Waals surface area contributed by atoms with Gasteiger partial charge in [-0.1, -0.05) is 28.1 Å². The molecule has 110 valence electrons. The average Bonchev–Trinajstić information content (AvgIpc) is 2.44. The molecule has 0 saturated carbocycles. The normalized spacial score (nSPS) is 10.5. The van der Waals surface area contributed by atoms with E-state index in [4.69, 9.17) is 0 Å². The topological polar surface area (TPSA) is 20.3 Å². The number of amides is 1. The quantitative estimate of drug-likeness (QED) is 0.796. The van der Waals surface area contributed by atoms with Crippen LogP contribution in [0.4, 0.5) is 10.1 Å². The summed E-state index contributed by atoms with van der Waals surface area (Å²) < 4.78 is 14.5. The van der Waals surface area contributed by atoms with Crippen molar-refractivity contribution >= 4 is 27.5 Å². The van der Waals surface area contributed by atoms with Crippen molar-refractivity contribution in [3.8, 4) is 0 Å². The fraction of sp³-hybridized carbons (Fsp3) is 0.235. The first-order valence-electron chi connectivity index (χ1n) is 6.82. The van der Waals surface area contributed by atoms with Crippen LogP contribution in [0.1, 0.15) is 18.1 Å². The molecule has 1 amide bonds. The van der Waals surface area contributed by atoms with Gasteiger partial charge in [-0.2, -0.15) is 0 Å². The van der Waals surface area contributed by atoms with Crippen molar-refractivity contribution < 1.29 is 9.18 Å². The molecule has 2 aromatic carbocycles. The minimum atomic E-state index is -0.355. The number of hydrogen-bond donors (Lipinski definition) is 0. The van der Waals surface area contributed by atoms with Gasteiger partial charge in [0.2, 0.25) is 5.91 Å². The van der Waals surface area contributed by atoms with Gasteiger partial charge in [-0.15, -0.1) is 0 Å². The van der Waals surface area contributed by atoms with Crippen molar-refractivity contribution in [1.82, 2.24) is 0 Å². The summed E-state index contributed by atoms with van der Waals surface area (Å²) in [6.45, 7) is 4.45. The molecule has 2 aromatic rings. The van der Waals surface area contributed by atoms with Crippen LogP contribution >= 0.6 is 15.9 Å². The highest BCUT2D eigenvalue weighted by atomic mass is 79.9. The highest BCUT2D eigenvalue weighted by Gasteiger charge is 2.16. The third-order valence-corrected chi connectivity index (χ3v) is 3.77. The van der Waals surface area contributed by atoms with Crippen molar-refractivity contribution in [1.29, 1.82) is 0 Å². The maximum atomic E-state index is 13.8. The first kappa shape index (κ1) is 15.7. The molecule has 0 radical (unpaired) electrons. The van der Waals surface area contributed by atoms with E-state index < -0.39 is 0 Å². The Morgan fingerprint density at radius 2 is 2.00 bits per heavy atom. The minimum absolute atomic E-state index is 0.0487. The Kier molecular flexibility index (Phi) is 5.12. The first-order chi connectivity index (χ1) is 10.0. The molecule has 0 atom stereocenters. The van der Waals surface area contributed by atoms with Gasteiger partial charge in [0, 0.05) is 16.7 Å². The molecule has 0 saturated heterocycles. The Balaban J connectivity index is 2.23. The predicted molar refractivity (Wildman–Crippen MR) is 87.0 cm³/mol. The number of likely N-dealkylation sites (N-methyl/N-ethyl adjacent to an activating group) is 1. The second-order valence-corrected chi connectivity index (χ2v) is 5.81. The molecule has 2 rings (SSSR count). The SMILES string of the molecule is CCN(C(=O)Cc1cc(Br)ccc1F)c1cccc(C)c1. The fourth-order valence-corrected chi connectivity index (χ4v) is 2.64. The summed E-state index contributed by atoms with van der Waals surface area (Å²) in [5.41, 5.74) is 2.34. The molecule has 0 aromatic heterocycles. The Hall–Kier alpha value is -1.68. The molecule has 21 heavy (non-hydrogen) atoms. The third kappa shape index (κ3) is 3.91. The van der Waals surface area contributed by atoms with E-state index in [9.17, 15) is 9.18 Å². The van der Waals surface area contributed by atoms with Crippen LogP contribution < -0.4 is 4.90 Å². The molecule has 0 heterocycles. The molecule has 0 aliphatic carbocycles. The number of nitrogens with zero attached hydrogens (tertiary/aromatic N) is 1. The molecule has 0 fully saturated rings. The maximum absolute atomic E-state index is 13.8. The Labute approximate surface area is 132 Å². The lowest BCUT2D eigenvalue weighted by Crippen LogP contribution is -2.32. The second-order valence-electron chi connectivity index (χ2n) is 4.89. The van der Waals surface area contributed by atoms with Gasteiger partial charge >= 0.3 is 0 Å². The zero-order chi connectivity index (χ0) is 15.4. The molecular formula is C17H17BrFNO. The Morgan fingerprint density at radius 3 is 2.67 bits per heavy atom. The molecular weight excluding hydrogens is 333 g/mol. The molecule has 0 N–H and O–H groups in total. The third-order valence-electron chi connectivity index (χ3n) is 3.28. The van der Waals surface area contributed by atoms with Gasteiger partial charge in [0.1, 0.15) is 5.82 Å². The van der Waals surface area contributed by atoms with Gasteiger partial charge in [-0.05, 0) is 55.3 Å². The zero-order valence-corrected chi connectivity index (χ0v) is 13.7. The number of carbonyl (C=O) groups is 1. The van der Waals surface area contributed by atoms with E-state index in [0.717, 1.165) is 15.7 Å². The highest BCUT2D eigenvalue weighted by Crippen LogP contribution is 2.20. The molecule has 4 heteroatoms. The van der Waals surface area contributed by atoms with E-state index in [1.54, 1.807) is 17.0 Å². The zero-order valence-electron chi connectivity index (χ0n) is 12.1. The summed E-state index contributed by atoms with van der Waals surface area (Å²) in [6.07, 6.45) is 0.0487. The van der Waals surface area contributed by atoms with Crippen LogP contribution in [0.25, 0.3) is 0 Å². The van der Waals surface area contributed by atoms with Crippen LogP contribution in [0.15, 0.2) is 46.9 Å². The minimum Gasteiger partial charge on any atom is -0.312 e. The number of anilines is 1. The van der Waals surface area contributed by atoms with Crippen molar-refractivity contribution in [3.05, 3.63) is 63.9 Å².